The second kappa shape index (κ2) is 4.86. The quantitative estimate of drug-likeness (QED) is 0.850. The third-order valence-electron chi connectivity index (χ3n) is 3.53. The van der Waals surface area contributed by atoms with Crippen LogP contribution in [0.25, 0.3) is 0 Å². The lowest BCUT2D eigenvalue weighted by Crippen LogP contribution is -2.30. The third-order valence-corrected chi connectivity index (χ3v) is 4.49. The maximum absolute atomic E-state index is 5.66. The van der Waals surface area contributed by atoms with Crippen molar-refractivity contribution in [3.63, 3.8) is 0 Å². The Labute approximate surface area is 101 Å². The monoisotopic (exact) mass is 237 g/mol. The predicted molar refractivity (Wildman–Crippen MR) is 66.8 cm³/mol. The van der Waals surface area contributed by atoms with Crippen LogP contribution in [0, 0.1) is 5.92 Å². The Kier molecular flexibility index (Phi) is 3.27. The van der Waals surface area contributed by atoms with Crippen LogP contribution in [0.3, 0.4) is 0 Å². The van der Waals surface area contributed by atoms with Gasteiger partial charge >= 0.3 is 0 Å². The van der Waals surface area contributed by atoms with Crippen molar-refractivity contribution in [3.05, 3.63) is 22.4 Å². The van der Waals surface area contributed by atoms with Gasteiger partial charge in [0.2, 0.25) is 0 Å². The fraction of sp³-hybridized carbons (Fsp3) is 0.692. The molecule has 0 amide bonds. The zero-order valence-electron chi connectivity index (χ0n) is 9.52. The van der Waals surface area contributed by atoms with Crippen molar-refractivity contribution >= 4 is 11.3 Å². The third kappa shape index (κ3) is 2.47. The Bertz CT molecular complexity index is 315. The Morgan fingerprint density at radius 1 is 1.44 bits per heavy atom. The fourth-order valence-corrected chi connectivity index (χ4v) is 3.35. The van der Waals surface area contributed by atoms with Gasteiger partial charge in [-0.2, -0.15) is 0 Å². The average molecular weight is 237 g/mol. The Balaban J connectivity index is 1.57. The van der Waals surface area contributed by atoms with Gasteiger partial charge in [0.15, 0.2) is 0 Å². The van der Waals surface area contributed by atoms with Crippen LogP contribution in [0.5, 0.6) is 0 Å². The number of thiophene rings is 1. The molecular formula is C13H19NOS. The molecule has 0 radical (unpaired) electrons. The van der Waals surface area contributed by atoms with E-state index in [1.165, 1.54) is 30.6 Å². The molecule has 16 heavy (non-hydrogen) atoms. The summed E-state index contributed by atoms with van der Waals surface area (Å²) in [6.07, 6.45) is 5.71. The first kappa shape index (κ1) is 10.8. The number of hydrogen-bond acceptors (Lipinski definition) is 3. The molecule has 2 unspecified atom stereocenters. The molecule has 3 heteroatoms. The van der Waals surface area contributed by atoms with Crippen LogP contribution in [0.4, 0.5) is 0 Å². The molecule has 0 aromatic carbocycles. The molecule has 2 aliphatic rings. The van der Waals surface area contributed by atoms with Crippen molar-refractivity contribution in [3.8, 4) is 0 Å². The number of rotatable bonds is 5. The van der Waals surface area contributed by atoms with Gasteiger partial charge < -0.3 is 10.1 Å². The van der Waals surface area contributed by atoms with Gasteiger partial charge in [0.1, 0.15) is 0 Å². The summed E-state index contributed by atoms with van der Waals surface area (Å²) in [5, 5.41) is 5.89. The van der Waals surface area contributed by atoms with E-state index in [4.69, 9.17) is 4.74 Å². The molecular weight excluding hydrogens is 218 g/mol. The normalized spacial score (nSPS) is 27.1. The molecule has 2 atom stereocenters. The molecule has 1 aliphatic heterocycles. The molecule has 1 aromatic rings. The second-order valence-corrected chi connectivity index (χ2v) is 5.85. The van der Waals surface area contributed by atoms with Crippen LogP contribution in [0.1, 0.15) is 36.6 Å². The zero-order valence-corrected chi connectivity index (χ0v) is 10.3. The molecule has 0 bridgehead atoms. The van der Waals surface area contributed by atoms with Gasteiger partial charge in [-0.05, 0) is 43.0 Å². The van der Waals surface area contributed by atoms with E-state index in [1.54, 1.807) is 0 Å². The summed E-state index contributed by atoms with van der Waals surface area (Å²) < 4.78 is 5.66. The standard InChI is InChI=1S/C13H19NOS/c1-3-11(15-7-1)9-14-13(10-5-6-10)12-4-2-8-16-12/h2,4,8,10-11,13-14H,1,3,5-7,9H2. The average Bonchev–Trinajstić information content (AvgIpc) is 2.83. The predicted octanol–water partition coefficient (Wildman–Crippen LogP) is 2.97. The first-order chi connectivity index (χ1) is 7.93. The van der Waals surface area contributed by atoms with Crippen LogP contribution in [0.15, 0.2) is 17.5 Å². The topological polar surface area (TPSA) is 21.3 Å². The van der Waals surface area contributed by atoms with Crippen molar-refractivity contribution in [2.24, 2.45) is 5.92 Å². The molecule has 0 spiro atoms. The van der Waals surface area contributed by atoms with E-state index in [-0.39, 0.29) is 0 Å². The van der Waals surface area contributed by atoms with Crippen LogP contribution in [-0.2, 0) is 4.74 Å². The van der Waals surface area contributed by atoms with Gasteiger partial charge in [0.25, 0.3) is 0 Å². The molecule has 1 saturated carbocycles. The lowest BCUT2D eigenvalue weighted by molar-refractivity contribution is 0.107. The molecule has 2 nitrogen and oxygen atoms in total. The molecule has 3 rings (SSSR count). The van der Waals surface area contributed by atoms with Gasteiger partial charge in [0.05, 0.1) is 6.10 Å². The highest BCUT2D eigenvalue weighted by Gasteiger charge is 2.33. The maximum atomic E-state index is 5.66. The van der Waals surface area contributed by atoms with Crippen LogP contribution in [-0.4, -0.2) is 19.3 Å². The van der Waals surface area contributed by atoms with Gasteiger partial charge in [-0.15, -0.1) is 11.3 Å². The lowest BCUT2D eigenvalue weighted by Gasteiger charge is -2.19. The van der Waals surface area contributed by atoms with Gasteiger partial charge in [-0.3, -0.25) is 0 Å². The minimum Gasteiger partial charge on any atom is -0.377 e. The SMILES string of the molecule is c1csc(C(NCC2CCCO2)C2CC2)c1. The van der Waals surface area contributed by atoms with E-state index in [1.807, 2.05) is 11.3 Å². The van der Waals surface area contributed by atoms with E-state index in [0.717, 1.165) is 19.1 Å². The zero-order chi connectivity index (χ0) is 10.8. The number of ether oxygens (including phenoxy) is 1. The fourth-order valence-electron chi connectivity index (χ4n) is 2.46. The molecule has 88 valence electrons. The van der Waals surface area contributed by atoms with Crippen LogP contribution < -0.4 is 5.32 Å². The number of nitrogens with one attached hydrogen (secondary N) is 1. The molecule has 1 N–H and O–H groups in total. The van der Waals surface area contributed by atoms with Crippen molar-refractivity contribution in [1.82, 2.24) is 5.32 Å². The van der Waals surface area contributed by atoms with Gasteiger partial charge in [-0.25, -0.2) is 0 Å². The Morgan fingerprint density at radius 2 is 2.38 bits per heavy atom. The molecule has 1 aromatic heterocycles. The van der Waals surface area contributed by atoms with E-state index >= 15 is 0 Å². The smallest absolute Gasteiger partial charge is 0.0700 e. The highest BCUT2D eigenvalue weighted by Crippen LogP contribution is 2.42. The lowest BCUT2D eigenvalue weighted by atomic mass is 10.1. The van der Waals surface area contributed by atoms with E-state index in [2.05, 4.69) is 22.8 Å². The van der Waals surface area contributed by atoms with Gasteiger partial charge in [-0.1, -0.05) is 6.07 Å². The summed E-state index contributed by atoms with van der Waals surface area (Å²) in [5.41, 5.74) is 0. The van der Waals surface area contributed by atoms with Crippen molar-refractivity contribution in [2.45, 2.75) is 37.8 Å². The maximum Gasteiger partial charge on any atom is 0.0700 e. The number of hydrogen-bond donors (Lipinski definition) is 1. The highest BCUT2D eigenvalue weighted by atomic mass is 32.1. The summed E-state index contributed by atoms with van der Waals surface area (Å²) in [6.45, 7) is 1.98. The Hall–Kier alpha value is -0.380. The molecule has 1 aliphatic carbocycles. The largest absolute Gasteiger partial charge is 0.377 e. The highest BCUT2D eigenvalue weighted by molar-refractivity contribution is 7.10. The summed E-state index contributed by atoms with van der Waals surface area (Å²) in [7, 11) is 0. The van der Waals surface area contributed by atoms with Crippen LogP contribution in [0.2, 0.25) is 0 Å². The minimum atomic E-state index is 0.459. The van der Waals surface area contributed by atoms with E-state index in [0.29, 0.717) is 12.1 Å². The summed E-state index contributed by atoms with van der Waals surface area (Å²) in [6, 6.07) is 5.00. The summed E-state index contributed by atoms with van der Waals surface area (Å²) in [4.78, 5) is 1.50. The second-order valence-electron chi connectivity index (χ2n) is 4.87. The first-order valence-corrected chi connectivity index (χ1v) is 7.20. The van der Waals surface area contributed by atoms with Crippen molar-refractivity contribution in [1.29, 1.82) is 0 Å². The minimum absolute atomic E-state index is 0.459. The molecule has 2 fully saturated rings. The van der Waals surface area contributed by atoms with Gasteiger partial charge in [0, 0.05) is 24.1 Å². The van der Waals surface area contributed by atoms with Crippen molar-refractivity contribution in [2.75, 3.05) is 13.2 Å². The summed E-state index contributed by atoms with van der Waals surface area (Å²) >= 11 is 1.88. The Morgan fingerprint density at radius 3 is 3.00 bits per heavy atom. The van der Waals surface area contributed by atoms with E-state index in [9.17, 15) is 0 Å². The molecule has 2 heterocycles. The van der Waals surface area contributed by atoms with Crippen LogP contribution >= 0.6 is 11.3 Å². The molecule has 1 saturated heterocycles. The first-order valence-electron chi connectivity index (χ1n) is 6.32. The summed E-state index contributed by atoms with van der Waals surface area (Å²) in [5.74, 6) is 0.875. The van der Waals surface area contributed by atoms with E-state index < -0.39 is 0 Å². The van der Waals surface area contributed by atoms with Crippen molar-refractivity contribution < 1.29 is 4.74 Å².